The van der Waals surface area contributed by atoms with Crippen LogP contribution in [0.3, 0.4) is 0 Å². The number of piperidine rings is 2. The molecule has 7 heteroatoms. The number of benzene rings is 1. The smallest absolute Gasteiger partial charge is 0.120 e. The van der Waals surface area contributed by atoms with Crippen LogP contribution in [-0.2, 0) is 0 Å². The van der Waals surface area contributed by atoms with Gasteiger partial charge in [0.2, 0.25) is 0 Å². The van der Waals surface area contributed by atoms with Gasteiger partial charge < -0.3 is 14.5 Å². The summed E-state index contributed by atoms with van der Waals surface area (Å²) in [5.74, 6) is 1.61. The molecule has 0 unspecified atom stereocenters. The van der Waals surface area contributed by atoms with Gasteiger partial charge in [0.1, 0.15) is 5.75 Å². The van der Waals surface area contributed by atoms with E-state index in [0.717, 1.165) is 24.7 Å². The van der Waals surface area contributed by atoms with E-state index in [1.165, 1.54) is 90.6 Å². The van der Waals surface area contributed by atoms with Crippen molar-refractivity contribution in [2.45, 2.75) is 57.8 Å². The molecule has 0 N–H and O–H groups in total. The number of nitrogens with zero attached hydrogens (tertiary/aromatic N) is 2. The third kappa shape index (κ3) is 10.1. The molecule has 1 aromatic rings. The lowest BCUT2D eigenvalue weighted by Crippen LogP contribution is -2.35. The first-order valence-electron chi connectivity index (χ1n) is 11.2. The summed E-state index contributed by atoms with van der Waals surface area (Å²) >= 11 is 12.0. The van der Waals surface area contributed by atoms with E-state index in [2.05, 4.69) is 9.80 Å². The molecule has 30 heavy (non-hydrogen) atoms. The van der Waals surface area contributed by atoms with Crippen LogP contribution < -0.4 is 4.74 Å². The molecule has 0 aromatic heterocycles. The first kappa shape index (κ1) is 28.1. The lowest BCUT2D eigenvalue weighted by Gasteiger charge is -2.32. The van der Waals surface area contributed by atoms with E-state index in [4.69, 9.17) is 27.9 Å². The molecule has 0 saturated carbocycles. The van der Waals surface area contributed by atoms with Gasteiger partial charge in [-0.15, -0.1) is 24.8 Å². The molecule has 0 amide bonds. The minimum Gasteiger partial charge on any atom is -0.494 e. The summed E-state index contributed by atoms with van der Waals surface area (Å²) in [6.45, 7) is 8.55. The van der Waals surface area contributed by atoms with Gasteiger partial charge in [-0.2, -0.15) is 0 Å². The van der Waals surface area contributed by atoms with Gasteiger partial charge in [-0.25, -0.2) is 0 Å². The molecule has 2 fully saturated rings. The molecule has 2 heterocycles. The summed E-state index contributed by atoms with van der Waals surface area (Å²) in [4.78, 5) is 5.33. The van der Waals surface area contributed by atoms with Gasteiger partial charge in [-0.3, -0.25) is 0 Å². The van der Waals surface area contributed by atoms with Gasteiger partial charge >= 0.3 is 0 Å². The Labute approximate surface area is 205 Å². The van der Waals surface area contributed by atoms with Crippen LogP contribution in [0.25, 0.3) is 0 Å². The Hall–Kier alpha value is 0.1000. The van der Waals surface area contributed by atoms with E-state index in [1.807, 2.05) is 6.07 Å². The van der Waals surface area contributed by atoms with Gasteiger partial charge in [0.15, 0.2) is 0 Å². The highest BCUT2D eigenvalue weighted by Crippen LogP contribution is 2.27. The molecule has 1 aromatic carbocycles. The molecule has 2 aliphatic rings. The van der Waals surface area contributed by atoms with E-state index >= 15 is 0 Å². The Kier molecular flexibility index (Phi) is 14.8. The third-order valence-electron chi connectivity index (χ3n) is 6.29. The van der Waals surface area contributed by atoms with E-state index in [-0.39, 0.29) is 24.8 Å². The number of halogens is 4. The zero-order valence-corrected chi connectivity index (χ0v) is 21.1. The second kappa shape index (κ2) is 15.8. The zero-order chi connectivity index (χ0) is 19.6. The average Bonchev–Trinajstić information content (AvgIpc) is 2.72. The summed E-state index contributed by atoms with van der Waals surface area (Å²) in [5.41, 5.74) is 0. The minimum absolute atomic E-state index is 0. The van der Waals surface area contributed by atoms with Crippen molar-refractivity contribution in [2.24, 2.45) is 5.92 Å². The predicted molar refractivity (Wildman–Crippen MR) is 134 cm³/mol. The fourth-order valence-electron chi connectivity index (χ4n) is 4.44. The van der Waals surface area contributed by atoms with E-state index < -0.39 is 0 Å². The van der Waals surface area contributed by atoms with Crippen LogP contribution in [0.4, 0.5) is 0 Å². The molecular formula is C23H38Cl4N2O. The Balaban J connectivity index is 0.00000225. The third-order valence-corrected chi connectivity index (χ3v) is 7.03. The summed E-state index contributed by atoms with van der Waals surface area (Å²) in [6, 6.07) is 5.49. The minimum atomic E-state index is 0. The van der Waals surface area contributed by atoms with Gasteiger partial charge in [0.25, 0.3) is 0 Å². The van der Waals surface area contributed by atoms with Crippen LogP contribution in [0.15, 0.2) is 18.2 Å². The van der Waals surface area contributed by atoms with Gasteiger partial charge in [0.05, 0.1) is 16.7 Å². The van der Waals surface area contributed by atoms with Gasteiger partial charge in [-0.05, 0) is 102 Å². The van der Waals surface area contributed by atoms with Crippen molar-refractivity contribution in [2.75, 3.05) is 45.9 Å². The quantitative estimate of drug-likeness (QED) is 0.323. The normalized spacial score (nSPS) is 18.5. The Morgan fingerprint density at radius 2 is 1.43 bits per heavy atom. The first-order chi connectivity index (χ1) is 13.7. The fourth-order valence-corrected chi connectivity index (χ4v) is 4.73. The number of unbranched alkanes of at least 4 members (excludes halogenated alkanes) is 2. The largest absolute Gasteiger partial charge is 0.494 e. The molecule has 174 valence electrons. The molecule has 0 atom stereocenters. The number of hydrogen-bond acceptors (Lipinski definition) is 3. The molecular weight excluding hydrogens is 462 g/mol. The highest BCUT2D eigenvalue weighted by atomic mass is 35.5. The Morgan fingerprint density at radius 3 is 2.07 bits per heavy atom. The molecule has 3 rings (SSSR count). The van der Waals surface area contributed by atoms with Gasteiger partial charge in [-0.1, -0.05) is 36.0 Å². The van der Waals surface area contributed by atoms with Crippen molar-refractivity contribution in [3.8, 4) is 5.75 Å². The summed E-state index contributed by atoms with van der Waals surface area (Å²) in [5, 5.41) is 1.14. The number of likely N-dealkylation sites (tertiary alicyclic amines) is 2. The maximum Gasteiger partial charge on any atom is 0.120 e. The van der Waals surface area contributed by atoms with E-state index in [1.54, 1.807) is 12.1 Å². The summed E-state index contributed by atoms with van der Waals surface area (Å²) in [7, 11) is 0. The predicted octanol–water partition coefficient (Wildman–Crippen LogP) is 6.97. The van der Waals surface area contributed by atoms with E-state index in [9.17, 15) is 0 Å². The van der Waals surface area contributed by atoms with Crippen LogP contribution in [0.1, 0.15) is 57.8 Å². The molecule has 3 nitrogen and oxygen atoms in total. The van der Waals surface area contributed by atoms with Crippen molar-refractivity contribution in [3.05, 3.63) is 28.2 Å². The summed E-state index contributed by atoms with van der Waals surface area (Å²) < 4.78 is 5.85. The van der Waals surface area contributed by atoms with Crippen molar-refractivity contribution >= 4 is 48.0 Å². The molecule has 2 saturated heterocycles. The average molecular weight is 500 g/mol. The number of rotatable bonds is 10. The SMILES string of the molecule is Cl.Cl.Clc1ccc(OCCC2CCN(CCCCCN3CCCCC3)CC2)cc1Cl. The van der Waals surface area contributed by atoms with Crippen LogP contribution in [-0.4, -0.2) is 55.7 Å². The van der Waals surface area contributed by atoms with Crippen LogP contribution in [0.5, 0.6) is 5.75 Å². The number of hydrogen-bond donors (Lipinski definition) is 0. The molecule has 0 spiro atoms. The van der Waals surface area contributed by atoms with Crippen molar-refractivity contribution in [1.29, 1.82) is 0 Å². The molecule has 0 aliphatic carbocycles. The Bertz CT molecular complexity index is 576. The maximum atomic E-state index is 6.04. The fraction of sp³-hybridized carbons (Fsp3) is 0.739. The topological polar surface area (TPSA) is 15.7 Å². The summed E-state index contributed by atoms with van der Waals surface area (Å²) in [6.07, 6.45) is 12.1. The zero-order valence-electron chi connectivity index (χ0n) is 18.0. The van der Waals surface area contributed by atoms with Crippen LogP contribution >= 0.6 is 48.0 Å². The lowest BCUT2D eigenvalue weighted by atomic mass is 9.94. The van der Waals surface area contributed by atoms with Crippen molar-refractivity contribution in [3.63, 3.8) is 0 Å². The molecule has 0 radical (unpaired) electrons. The first-order valence-corrected chi connectivity index (χ1v) is 12.0. The van der Waals surface area contributed by atoms with Crippen molar-refractivity contribution in [1.82, 2.24) is 9.80 Å². The lowest BCUT2D eigenvalue weighted by molar-refractivity contribution is 0.160. The van der Waals surface area contributed by atoms with Crippen molar-refractivity contribution < 1.29 is 4.74 Å². The monoisotopic (exact) mass is 498 g/mol. The highest BCUT2D eigenvalue weighted by Gasteiger charge is 2.19. The second-order valence-electron chi connectivity index (χ2n) is 8.46. The Morgan fingerprint density at radius 1 is 0.800 bits per heavy atom. The molecule has 2 aliphatic heterocycles. The van der Waals surface area contributed by atoms with Gasteiger partial charge in [0, 0.05) is 6.07 Å². The van der Waals surface area contributed by atoms with Crippen LogP contribution in [0, 0.1) is 5.92 Å². The highest BCUT2D eigenvalue weighted by molar-refractivity contribution is 6.42. The maximum absolute atomic E-state index is 6.04. The number of ether oxygens (including phenoxy) is 1. The van der Waals surface area contributed by atoms with Crippen LogP contribution in [0.2, 0.25) is 10.0 Å². The molecule has 0 bridgehead atoms. The standard InChI is InChI=1S/C23H36Cl2N2O.2ClH/c24-22-8-7-21(19-23(22)25)28-18-11-20-9-16-27(17-10-20)15-6-2-5-14-26-12-3-1-4-13-26;;/h7-8,19-20H,1-6,9-18H2;2*1H. The van der Waals surface area contributed by atoms with E-state index in [0.29, 0.717) is 10.0 Å². The second-order valence-corrected chi connectivity index (χ2v) is 9.28.